The quantitative estimate of drug-likeness (QED) is 0.462. The Labute approximate surface area is 69.9 Å². The van der Waals surface area contributed by atoms with Crippen molar-refractivity contribution >= 4 is 5.97 Å². The largest absolute Gasteiger partial charge is 0.504 e. The molecule has 1 rings (SSSR count). The smallest absolute Gasteiger partial charge is 0.335 e. The molecule has 64 valence electrons. The monoisotopic (exact) mass is 172 g/mol. The Kier molecular flexibility index (Phi) is 1.24. The van der Waals surface area contributed by atoms with E-state index < -0.39 is 40.9 Å². The summed E-state index contributed by atoms with van der Waals surface area (Å²) < 4.78 is 14.2. The molecule has 0 fully saturated rings. The van der Waals surface area contributed by atoms with Crippen molar-refractivity contribution < 1.29 is 28.0 Å². The maximum absolute atomic E-state index is 10.5. The van der Waals surface area contributed by atoms with Gasteiger partial charge >= 0.3 is 5.97 Å². The third-order valence-corrected chi connectivity index (χ3v) is 1.15. The molecule has 1 aromatic carbocycles. The molecule has 0 aromatic heterocycles. The molecule has 0 aliphatic carbocycles. The first-order valence-electron chi connectivity index (χ1n) is 3.85. The summed E-state index contributed by atoms with van der Waals surface area (Å²) in [5.74, 6) is -4.82. The van der Waals surface area contributed by atoms with Crippen molar-refractivity contribution in [3.63, 3.8) is 0 Å². The van der Waals surface area contributed by atoms with Gasteiger partial charge in [0.1, 0.15) is 0 Å². The zero-order chi connectivity index (χ0) is 11.0. The summed E-state index contributed by atoms with van der Waals surface area (Å²) in [5, 5.41) is 35.5. The molecule has 4 N–H and O–H groups in total. The lowest BCUT2D eigenvalue weighted by molar-refractivity contribution is 0.0696. The number of hydrogen-bond donors (Lipinski definition) is 4. The number of carboxylic acids is 1. The van der Waals surface area contributed by atoms with Crippen LogP contribution < -0.4 is 0 Å². The molecule has 0 amide bonds. The Morgan fingerprint density at radius 1 is 1.25 bits per heavy atom. The second-order valence-corrected chi connectivity index (χ2v) is 1.98. The summed E-state index contributed by atoms with van der Waals surface area (Å²) in [6.45, 7) is 0. The predicted octanol–water partition coefficient (Wildman–Crippen LogP) is 0.502. The van der Waals surface area contributed by atoms with Gasteiger partial charge in [-0.05, 0) is 12.1 Å². The molecule has 0 aliphatic rings. The SMILES string of the molecule is [2H]c1c(O)c(O)c(O)c([2H])c1C(=O)O. The van der Waals surface area contributed by atoms with E-state index in [1.54, 1.807) is 0 Å². The number of phenols is 3. The van der Waals surface area contributed by atoms with Gasteiger partial charge < -0.3 is 20.4 Å². The molecule has 5 heteroatoms. The number of carbonyl (C=O) groups is 1. The number of benzene rings is 1. The summed E-state index contributed by atoms with van der Waals surface area (Å²) in [6, 6.07) is -1.81. The lowest BCUT2D eigenvalue weighted by Gasteiger charge is -2.01. The average Bonchev–Trinajstić information content (AvgIpc) is 2.11. The summed E-state index contributed by atoms with van der Waals surface area (Å²) in [5.41, 5.74) is -0.863. The molecule has 0 radical (unpaired) electrons. The Bertz CT molecular complexity index is 386. The van der Waals surface area contributed by atoms with Crippen LogP contribution in [0.1, 0.15) is 13.1 Å². The number of rotatable bonds is 1. The molecule has 12 heavy (non-hydrogen) atoms. The van der Waals surface area contributed by atoms with Crippen molar-refractivity contribution in [2.75, 3.05) is 0 Å². The van der Waals surface area contributed by atoms with Gasteiger partial charge in [-0.2, -0.15) is 0 Å². The minimum atomic E-state index is -1.63. The van der Waals surface area contributed by atoms with Crippen LogP contribution in [0.5, 0.6) is 17.2 Å². The second kappa shape index (κ2) is 2.61. The third-order valence-electron chi connectivity index (χ3n) is 1.15. The highest BCUT2D eigenvalue weighted by Crippen LogP contribution is 2.35. The zero-order valence-electron chi connectivity index (χ0n) is 7.70. The van der Waals surface area contributed by atoms with Gasteiger partial charge in [-0.15, -0.1) is 0 Å². The van der Waals surface area contributed by atoms with E-state index in [1.807, 2.05) is 0 Å². The topological polar surface area (TPSA) is 98.0 Å². The number of hydrogen-bond acceptors (Lipinski definition) is 4. The highest BCUT2D eigenvalue weighted by atomic mass is 16.4. The van der Waals surface area contributed by atoms with Crippen LogP contribution in [0.15, 0.2) is 12.1 Å². The lowest BCUT2D eigenvalue weighted by atomic mass is 10.2. The molecule has 0 atom stereocenters. The van der Waals surface area contributed by atoms with Crippen LogP contribution in [0, 0.1) is 0 Å². The molecule has 0 aliphatic heterocycles. The average molecular weight is 172 g/mol. The summed E-state index contributed by atoms with van der Waals surface area (Å²) in [7, 11) is 0. The first-order valence-corrected chi connectivity index (χ1v) is 2.85. The van der Waals surface area contributed by atoms with Crippen LogP contribution in [-0.4, -0.2) is 26.4 Å². The highest BCUT2D eigenvalue weighted by Gasteiger charge is 2.11. The van der Waals surface area contributed by atoms with Gasteiger partial charge in [-0.3, -0.25) is 0 Å². The Morgan fingerprint density at radius 2 is 1.67 bits per heavy atom. The first-order chi connectivity index (χ1) is 6.37. The van der Waals surface area contributed by atoms with Crippen molar-refractivity contribution in [2.45, 2.75) is 0 Å². The molecule has 0 saturated heterocycles. The van der Waals surface area contributed by atoms with Crippen LogP contribution in [0.3, 0.4) is 0 Å². The summed E-state index contributed by atoms with van der Waals surface area (Å²) >= 11 is 0. The van der Waals surface area contributed by atoms with Crippen molar-refractivity contribution in [1.82, 2.24) is 0 Å². The maximum Gasteiger partial charge on any atom is 0.335 e. The second-order valence-electron chi connectivity index (χ2n) is 1.98. The molecule has 0 heterocycles. The number of phenolic OH excluding ortho intramolecular Hbond substituents is 3. The van der Waals surface area contributed by atoms with E-state index in [0.717, 1.165) is 0 Å². The Hall–Kier alpha value is -1.91. The van der Waals surface area contributed by atoms with Crippen LogP contribution in [0.4, 0.5) is 0 Å². The molecule has 1 aromatic rings. The highest BCUT2D eigenvalue weighted by molar-refractivity contribution is 5.89. The third kappa shape index (κ3) is 1.24. The van der Waals surface area contributed by atoms with Crippen molar-refractivity contribution in [1.29, 1.82) is 0 Å². The Balaban J connectivity index is 3.68. The molecule has 0 spiro atoms. The molecular weight excluding hydrogens is 164 g/mol. The van der Waals surface area contributed by atoms with E-state index in [4.69, 9.17) is 23.2 Å². The summed E-state index contributed by atoms with van der Waals surface area (Å²) in [6.07, 6.45) is 0. The fraction of sp³-hybridized carbons (Fsp3) is 0. The van der Waals surface area contributed by atoms with Gasteiger partial charge in [0.15, 0.2) is 17.2 Å². The van der Waals surface area contributed by atoms with E-state index in [0.29, 0.717) is 0 Å². The number of carboxylic acid groups (broad SMARTS) is 1. The molecule has 5 nitrogen and oxygen atoms in total. The van der Waals surface area contributed by atoms with Gasteiger partial charge in [0, 0.05) is 0 Å². The van der Waals surface area contributed by atoms with Crippen LogP contribution in [-0.2, 0) is 0 Å². The molecule has 0 bridgehead atoms. The van der Waals surface area contributed by atoms with Crippen molar-refractivity contribution in [2.24, 2.45) is 0 Å². The normalized spacial score (nSPS) is 12.0. The zero-order valence-corrected chi connectivity index (χ0v) is 5.70. The minimum absolute atomic E-state index is 0.863. The predicted molar refractivity (Wildman–Crippen MR) is 38.4 cm³/mol. The maximum atomic E-state index is 10.5. The minimum Gasteiger partial charge on any atom is -0.504 e. The molecule has 0 saturated carbocycles. The van der Waals surface area contributed by atoms with E-state index in [2.05, 4.69) is 0 Å². The lowest BCUT2D eigenvalue weighted by Crippen LogP contribution is -1.95. The van der Waals surface area contributed by atoms with Crippen molar-refractivity contribution in [3.8, 4) is 17.2 Å². The van der Waals surface area contributed by atoms with Crippen LogP contribution in [0.2, 0.25) is 0 Å². The molecular formula is C7H6O5. The number of aromatic hydroxyl groups is 3. The van der Waals surface area contributed by atoms with Crippen molar-refractivity contribution in [3.05, 3.63) is 17.6 Å². The van der Waals surface area contributed by atoms with Gasteiger partial charge in [-0.1, -0.05) is 0 Å². The van der Waals surface area contributed by atoms with Gasteiger partial charge in [-0.25, -0.2) is 4.79 Å². The summed E-state index contributed by atoms with van der Waals surface area (Å²) in [4.78, 5) is 10.5. The number of aromatic carboxylic acids is 1. The van der Waals surface area contributed by atoms with Gasteiger partial charge in [0.05, 0.1) is 8.30 Å². The van der Waals surface area contributed by atoms with Gasteiger partial charge in [0.2, 0.25) is 0 Å². The van der Waals surface area contributed by atoms with Crippen LogP contribution in [0.25, 0.3) is 0 Å². The van der Waals surface area contributed by atoms with E-state index in [-0.39, 0.29) is 0 Å². The Morgan fingerprint density at radius 3 is 2.00 bits per heavy atom. The molecule has 0 unspecified atom stereocenters. The first kappa shape index (κ1) is 5.70. The van der Waals surface area contributed by atoms with E-state index in [1.165, 1.54) is 0 Å². The van der Waals surface area contributed by atoms with E-state index >= 15 is 0 Å². The van der Waals surface area contributed by atoms with Crippen LogP contribution >= 0.6 is 0 Å². The fourth-order valence-corrected chi connectivity index (χ4v) is 0.606. The fourth-order valence-electron chi connectivity index (χ4n) is 0.606. The van der Waals surface area contributed by atoms with E-state index in [9.17, 15) is 4.79 Å². The standard InChI is InChI=1S/C7H6O5/c8-4-1-3(7(11)12)2-5(9)6(4)10/h1-2,8-10H,(H,11,12)/i1D,2D. The van der Waals surface area contributed by atoms with Gasteiger partial charge in [0.25, 0.3) is 0 Å².